The number of hydrogen-bond acceptors (Lipinski definition) is 7. The summed E-state index contributed by atoms with van der Waals surface area (Å²) in [6, 6.07) is 4.68. The lowest BCUT2D eigenvalue weighted by molar-refractivity contribution is -0.387. The summed E-state index contributed by atoms with van der Waals surface area (Å²) in [5, 5.41) is 19.8. The fraction of sp³-hybridized carbons (Fsp3) is 0.471. The van der Waals surface area contributed by atoms with Crippen molar-refractivity contribution in [2.24, 2.45) is 18.7 Å². The van der Waals surface area contributed by atoms with Crippen molar-refractivity contribution in [2.75, 3.05) is 13.1 Å². The molecule has 1 fully saturated rings. The molecular formula is C17H23ClN6O3S. The highest BCUT2D eigenvalue weighted by Crippen LogP contribution is 2.34. The molecule has 2 N–H and O–H groups in total. The number of hydrogen-bond donors (Lipinski definition) is 1. The molecule has 152 valence electrons. The molecule has 1 unspecified atom stereocenters. The summed E-state index contributed by atoms with van der Waals surface area (Å²) in [6.45, 7) is 3.22. The number of piperidine rings is 1. The van der Waals surface area contributed by atoms with Crippen molar-refractivity contribution >= 4 is 35.8 Å². The zero-order chi connectivity index (χ0) is 19.6. The largest absolute Gasteiger partial charge is 0.339 e. The van der Waals surface area contributed by atoms with Crippen molar-refractivity contribution in [1.82, 2.24) is 19.7 Å². The molecule has 0 radical (unpaired) electrons. The third-order valence-electron chi connectivity index (χ3n) is 4.84. The number of nitro benzene ring substituents is 1. The minimum absolute atomic E-state index is 0. The van der Waals surface area contributed by atoms with Crippen LogP contribution in [0.4, 0.5) is 5.69 Å². The van der Waals surface area contributed by atoms with E-state index >= 15 is 0 Å². The highest BCUT2D eigenvalue weighted by atomic mass is 35.5. The predicted octanol–water partition coefficient (Wildman–Crippen LogP) is 2.50. The summed E-state index contributed by atoms with van der Waals surface area (Å²) in [4.78, 5) is 26.0. The highest BCUT2D eigenvalue weighted by molar-refractivity contribution is 7.99. The van der Waals surface area contributed by atoms with Gasteiger partial charge in [-0.1, -0.05) is 0 Å². The summed E-state index contributed by atoms with van der Waals surface area (Å²) in [7, 11) is 1.76. The van der Waals surface area contributed by atoms with Crippen molar-refractivity contribution in [1.29, 1.82) is 0 Å². The number of rotatable bonds is 5. The second-order valence-corrected chi connectivity index (χ2v) is 7.76. The number of halogens is 1. The standard InChI is InChI=1S/C17H22N6O3S.ClH/c1-11(18)12-5-7-22(8-6-12)16(24)13-3-4-15(14(9-13)23(25)26)27-17-20-19-10-21(17)2;/h3-4,9-12H,5-8,18H2,1-2H3;1H. The summed E-state index contributed by atoms with van der Waals surface area (Å²) in [6.07, 6.45) is 3.23. The van der Waals surface area contributed by atoms with Crippen LogP contribution >= 0.6 is 24.2 Å². The molecular weight excluding hydrogens is 404 g/mol. The van der Waals surface area contributed by atoms with Crippen LogP contribution in [0.1, 0.15) is 30.1 Å². The van der Waals surface area contributed by atoms with Crippen LogP contribution in [-0.2, 0) is 7.05 Å². The maximum atomic E-state index is 12.8. The maximum Gasteiger partial charge on any atom is 0.284 e. The smallest absolute Gasteiger partial charge is 0.284 e. The molecule has 1 saturated heterocycles. The third-order valence-corrected chi connectivity index (χ3v) is 5.96. The van der Waals surface area contributed by atoms with Gasteiger partial charge in [0.1, 0.15) is 6.33 Å². The minimum Gasteiger partial charge on any atom is -0.339 e. The fourth-order valence-corrected chi connectivity index (χ4v) is 4.00. The van der Waals surface area contributed by atoms with E-state index in [1.54, 1.807) is 28.6 Å². The Morgan fingerprint density at radius 2 is 2.07 bits per heavy atom. The molecule has 28 heavy (non-hydrogen) atoms. The van der Waals surface area contributed by atoms with Crippen LogP contribution < -0.4 is 5.73 Å². The lowest BCUT2D eigenvalue weighted by Gasteiger charge is -2.33. The number of nitrogens with two attached hydrogens (primary N) is 1. The van der Waals surface area contributed by atoms with E-state index in [9.17, 15) is 14.9 Å². The molecule has 3 rings (SSSR count). The summed E-state index contributed by atoms with van der Waals surface area (Å²) in [5.74, 6) is 0.227. The number of aromatic nitrogens is 3. The molecule has 1 aromatic carbocycles. The molecule has 1 aliphatic heterocycles. The first-order chi connectivity index (χ1) is 12.9. The Labute approximate surface area is 173 Å². The first kappa shape index (κ1) is 22.1. The second kappa shape index (κ2) is 9.35. The van der Waals surface area contributed by atoms with Crippen molar-refractivity contribution in [3.8, 4) is 0 Å². The normalized spacial score (nSPS) is 15.8. The fourth-order valence-electron chi connectivity index (χ4n) is 3.15. The molecule has 1 aliphatic rings. The van der Waals surface area contributed by atoms with Crippen LogP contribution in [0.5, 0.6) is 0 Å². The summed E-state index contributed by atoms with van der Waals surface area (Å²) < 4.78 is 1.68. The van der Waals surface area contributed by atoms with Crippen LogP contribution in [-0.4, -0.2) is 49.6 Å². The number of nitro groups is 1. The van der Waals surface area contributed by atoms with Gasteiger partial charge in [-0.05, 0) is 49.6 Å². The van der Waals surface area contributed by atoms with E-state index in [1.807, 2.05) is 6.92 Å². The molecule has 0 spiro atoms. The van der Waals surface area contributed by atoms with E-state index in [-0.39, 0.29) is 30.0 Å². The zero-order valence-corrected chi connectivity index (χ0v) is 17.3. The maximum absolute atomic E-state index is 12.8. The van der Waals surface area contributed by atoms with Crippen LogP contribution in [0.15, 0.2) is 34.6 Å². The van der Waals surface area contributed by atoms with E-state index in [0.29, 0.717) is 34.6 Å². The van der Waals surface area contributed by atoms with Gasteiger partial charge in [0.15, 0.2) is 5.16 Å². The summed E-state index contributed by atoms with van der Waals surface area (Å²) >= 11 is 1.14. The van der Waals surface area contributed by atoms with Gasteiger partial charge in [-0.25, -0.2) is 0 Å². The lowest BCUT2D eigenvalue weighted by Crippen LogP contribution is -2.42. The average Bonchev–Trinajstić information content (AvgIpc) is 3.06. The zero-order valence-electron chi connectivity index (χ0n) is 15.6. The molecule has 0 aliphatic carbocycles. The Hall–Kier alpha value is -2.17. The molecule has 0 saturated carbocycles. The molecule has 1 atom stereocenters. The van der Waals surface area contributed by atoms with Gasteiger partial charge in [0.05, 0.1) is 9.82 Å². The third kappa shape index (κ3) is 4.81. The molecule has 11 heteroatoms. The van der Waals surface area contributed by atoms with Gasteiger partial charge >= 0.3 is 0 Å². The number of nitrogens with zero attached hydrogens (tertiary/aromatic N) is 5. The van der Waals surface area contributed by atoms with Gasteiger partial charge in [-0.3, -0.25) is 14.9 Å². The van der Waals surface area contributed by atoms with Gasteiger partial charge in [0.2, 0.25) is 0 Å². The van der Waals surface area contributed by atoms with Crippen molar-refractivity contribution in [3.05, 3.63) is 40.2 Å². The monoisotopic (exact) mass is 426 g/mol. The van der Waals surface area contributed by atoms with Crippen molar-refractivity contribution in [3.63, 3.8) is 0 Å². The SMILES string of the molecule is CC(N)C1CCN(C(=O)c2ccc(Sc3nncn3C)c([N+](=O)[O-])c2)CC1.Cl. The molecule has 1 aromatic heterocycles. The average molecular weight is 427 g/mol. The second-order valence-electron chi connectivity index (χ2n) is 6.75. The van der Waals surface area contributed by atoms with E-state index in [2.05, 4.69) is 10.2 Å². The topological polar surface area (TPSA) is 120 Å². The van der Waals surface area contributed by atoms with E-state index in [0.717, 1.165) is 24.6 Å². The Balaban J connectivity index is 0.00000280. The number of aryl methyl sites for hydroxylation is 1. The molecule has 2 heterocycles. The molecule has 9 nitrogen and oxygen atoms in total. The van der Waals surface area contributed by atoms with E-state index in [1.165, 1.54) is 12.4 Å². The molecule has 1 amide bonds. The lowest BCUT2D eigenvalue weighted by atomic mass is 9.90. The summed E-state index contributed by atoms with van der Waals surface area (Å²) in [5.41, 5.74) is 6.15. The number of carbonyl (C=O) groups excluding carboxylic acids is 1. The van der Waals surface area contributed by atoms with Crippen LogP contribution in [0.25, 0.3) is 0 Å². The minimum atomic E-state index is -0.474. The number of benzene rings is 1. The molecule has 2 aromatic rings. The highest BCUT2D eigenvalue weighted by Gasteiger charge is 2.27. The Morgan fingerprint density at radius 3 is 2.61 bits per heavy atom. The molecule has 0 bridgehead atoms. The van der Waals surface area contributed by atoms with Crippen LogP contribution in [0.2, 0.25) is 0 Å². The van der Waals surface area contributed by atoms with Gasteiger partial charge < -0.3 is 15.2 Å². The van der Waals surface area contributed by atoms with E-state index < -0.39 is 4.92 Å². The van der Waals surface area contributed by atoms with Crippen molar-refractivity contribution < 1.29 is 9.72 Å². The number of carbonyl (C=O) groups is 1. The van der Waals surface area contributed by atoms with Crippen LogP contribution in [0, 0.1) is 16.0 Å². The predicted molar refractivity (Wildman–Crippen MR) is 108 cm³/mol. The first-order valence-electron chi connectivity index (χ1n) is 8.72. The Bertz CT molecular complexity index is 851. The van der Waals surface area contributed by atoms with Gasteiger partial charge in [-0.2, -0.15) is 0 Å². The quantitative estimate of drug-likeness (QED) is 0.575. The van der Waals surface area contributed by atoms with Gasteiger partial charge in [-0.15, -0.1) is 22.6 Å². The number of likely N-dealkylation sites (tertiary alicyclic amines) is 1. The Kier molecular flexibility index (Phi) is 7.39. The van der Waals surface area contributed by atoms with Crippen molar-refractivity contribution in [2.45, 2.75) is 35.9 Å². The Morgan fingerprint density at radius 1 is 1.39 bits per heavy atom. The first-order valence-corrected chi connectivity index (χ1v) is 9.53. The van der Waals surface area contributed by atoms with Gasteiger partial charge in [0, 0.05) is 37.8 Å². The van der Waals surface area contributed by atoms with Crippen LogP contribution in [0.3, 0.4) is 0 Å². The van der Waals surface area contributed by atoms with E-state index in [4.69, 9.17) is 5.73 Å². The number of amides is 1. The van der Waals surface area contributed by atoms with Gasteiger partial charge in [0.25, 0.3) is 11.6 Å².